The number of benzene rings is 3. The fraction of sp³-hybridized carbons (Fsp3) is 0. The monoisotopic (exact) mass is 439 g/mol. The number of pyridine rings is 1. The van der Waals surface area contributed by atoms with Crippen LogP contribution >= 0.6 is 0 Å². The Labute approximate surface area is 197 Å². The Morgan fingerprint density at radius 2 is 0.971 bits per heavy atom. The SMILES string of the molecule is c1ccc(-c2cc(-c3ccc(-n4ccnc4)cc3)nc(-c3ccc(-n4ccnc4)cc3)c2)cc1. The minimum atomic E-state index is 0.937. The van der Waals surface area contributed by atoms with Crippen molar-refractivity contribution >= 4 is 0 Å². The van der Waals surface area contributed by atoms with Gasteiger partial charge in [0.2, 0.25) is 0 Å². The Balaban J connectivity index is 1.42. The van der Waals surface area contributed by atoms with Crippen molar-refractivity contribution in [3.8, 4) is 45.0 Å². The second-order valence-electron chi connectivity index (χ2n) is 8.03. The van der Waals surface area contributed by atoms with Gasteiger partial charge in [-0.3, -0.25) is 0 Å². The van der Waals surface area contributed by atoms with Gasteiger partial charge in [0, 0.05) is 47.3 Å². The maximum atomic E-state index is 5.05. The first-order valence-electron chi connectivity index (χ1n) is 11.1. The molecular formula is C29H21N5. The predicted octanol–water partition coefficient (Wildman–Crippen LogP) is 6.45. The minimum Gasteiger partial charge on any atom is -0.306 e. The second kappa shape index (κ2) is 8.64. The van der Waals surface area contributed by atoms with Crippen molar-refractivity contribution in [3.05, 3.63) is 128 Å². The van der Waals surface area contributed by atoms with Crippen molar-refractivity contribution < 1.29 is 0 Å². The van der Waals surface area contributed by atoms with Gasteiger partial charge in [-0.05, 0) is 47.5 Å². The topological polar surface area (TPSA) is 48.5 Å². The molecule has 3 aromatic heterocycles. The summed E-state index contributed by atoms with van der Waals surface area (Å²) in [6.07, 6.45) is 11.0. The quantitative estimate of drug-likeness (QED) is 0.310. The molecule has 0 unspecified atom stereocenters. The molecule has 0 spiro atoms. The van der Waals surface area contributed by atoms with E-state index in [-0.39, 0.29) is 0 Å². The molecule has 0 bridgehead atoms. The van der Waals surface area contributed by atoms with E-state index in [4.69, 9.17) is 4.98 Å². The maximum absolute atomic E-state index is 5.05. The third-order valence-electron chi connectivity index (χ3n) is 5.86. The van der Waals surface area contributed by atoms with Gasteiger partial charge >= 0.3 is 0 Å². The van der Waals surface area contributed by atoms with Crippen molar-refractivity contribution in [1.82, 2.24) is 24.1 Å². The first kappa shape index (κ1) is 19.9. The van der Waals surface area contributed by atoms with Gasteiger partial charge in [0.15, 0.2) is 0 Å². The zero-order chi connectivity index (χ0) is 22.7. The highest BCUT2D eigenvalue weighted by molar-refractivity contribution is 5.77. The lowest BCUT2D eigenvalue weighted by molar-refractivity contribution is 1.06. The Bertz CT molecular complexity index is 1400. The van der Waals surface area contributed by atoms with E-state index in [0.29, 0.717) is 0 Å². The van der Waals surface area contributed by atoms with Crippen LogP contribution < -0.4 is 0 Å². The Kier molecular flexibility index (Phi) is 5.05. The van der Waals surface area contributed by atoms with Crippen molar-refractivity contribution in [2.75, 3.05) is 0 Å². The van der Waals surface area contributed by atoms with E-state index >= 15 is 0 Å². The first-order valence-corrected chi connectivity index (χ1v) is 11.1. The molecule has 5 heteroatoms. The van der Waals surface area contributed by atoms with Crippen LogP contribution in [-0.2, 0) is 0 Å². The lowest BCUT2D eigenvalue weighted by Crippen LogP contribution is -1.94. The molecule has 0 aliphatic rings. The van der Waals surface area contributed by atoms with Gasteiger partial charge in [0.25, 0.3) is 0 Å². The number of hydrogen-bond donors (Lipinski definition) is 0. The van der Waals surface area contributed by atoms with Gasteiger partial charge in [-0.1, -0.05) is 54.6 Å². The van der Waals surface area contributed by atoms with Gasteiger partial charge in [-0.15, -0.1) is 0 Å². The molecular weight excluding hydrogens is 418 g/mol. The normalized spacial score (nSPS) is 10.9. The summed E-state index contributed by atoms with van der Waals surface area (Å²) in [7, 11) is 0. The van der Waals surface area contributed by atoms with Crippen LogP contribution in [0.5, 0.6) is 0 Å². The highest BCUT2D eigenvalue weighted by Gasteiger charge is 2.10. The molecule has 0 saturated heterocycles. The number of aromatic nitrogens is 5. The van der Waals surface area contributed by atoms with Crippen LogP contribution in [0.4, 0.5) is 0 Å². The molecule has 0 saturated carbocycles. The van der Waals surface area contributed by atoms with Crippen LogP contribution in [0.15, 0.2) is 128 Å². The Morgan fingerprint density at radius 3 is 1.41 bits per heavy atom. The van der Waals surface area contributed by atoms with E-state index in [2.05, 4.69) is 94.9 Å². The van der Waals surface area contributed by atoms with Crippen LogP contribution in [0.2, 0.25) is 0 Å². The van der Waals surface area contributed by atoms with Crippen LogP contribution in [0.1, 0.15) is 0 Å². The predicted molar refractivity (Wildman–Crippen MR) is 135 cm³/mol. The molecule has 5 nitrogen and oxygen atoms in total. The maximum Gasteiger partial charge on any atom is 0.0991 e. The molecule has 0 aliphatic heterocycles. The van der Waals surface area contributed by atoms with Gasteiger partial charge in [0.05, 0.1) is 24.0 Å². The van der Waals surface area contributed by atoms with Crippen LogP contribution in [0.3, 0.4) is 0 Å². The van der Waals surface area contributed by atoms with E-state index < -0.39 is 0 Å². The summed E-state index contributed by atoms with van der Waals surface area (Å²) in [4.78, 5) is 13.3. The summed E-state index contributed by atoms with van der Waals surface area (Å²) in [6.45, 7) is 0. The van der Waals surface area contributed by atoms with E-state index in [1.54, 1.807) is 25.0 Å². The Morgan fingerprint density at radius 1 is 0.471 bits per heavy atom. The molecule has 6 rings (SSSR count). The number of nitrogens with zero attached hydrogens (tertiary/aromatic N) is 5. The molecule has 6 aromatic rings. The highest BCUT2D eigenvalue weighted by Crippen LogP contribution is 2.31. The number of hydrogen-bond acceptors (Lipinski definition) is 3. The first-order chi connectivity index (χ1) is 16.8. The lowest BCUT2D eigenvalue weighted by Gasteiger charge is -2.11. The largest absolute Gasteiger partial charge is 0.306 e. The number of imidazole rings is 2. The zero-order valence-corrected chi connectivity index (χ0v) is 18.4. The molecule has 3 heterocycles. The molecule has 3 aromatic carbocycles. The molecule has 0 amide bonds. The molecule has 0 radical (unpaired) electrons. The van der Waals surface area contributed by atoms with Crippen LogP contribution in [0.25, 0.3) is 45.0 Å². The van der Waals surface area contributed by atoms with E-state index in [0.717, 1.165) is 45.0 Å². The summed E-state index contributed by atoms with van der Waals surface area (Å²) in [5.74, 6) is 0. The third kappa shape index (κ3) is 3.91. The average Bonchev–Trinajstić information content (AvgIpc) is 3.64. The molecule has 0 aliphatic carbocycles. The summed E-state index contributed by atoms with van der Waals surface area (Å²) in [6, 6.07) is 31.5. The van der Waals surface area contributed by atoms with Crippen molar-refractivity contribution in [2.45, 2.75) is 0 Å². The van der Waals surface area contributed by atoms with Gasteiger partial charge in [0.1, 0.15) is 0 Å². The highest BCUT2D eigenvalue weighted by atomic mass is 15.0. The summed E-state index contributed by atoms with van der Waals surface area (Å²) in [5, 5.41) is 0. The summed E-state index contributed by atoms with van der Waals surface area (Å²) >= 11 is 0. The van der Waals surface area contributed by atoms with Crippen LogP contribution in [-0.4, -0.2) is 24.1 Å². The fourth-order valence-electron chi connectivity index (χ4n) is 4.06. The van der Waals surface area contributed by atoms with Crippen molar-refractivity contribution in [2.24, 2.45) is 0 Å². The van der Waals surface area contributed by atoms with Gasteiger partial charge < -0.3 is 9.13 Å². The average molecular weight is 440 g/mol. The molecule has 0 N–H and O–H groups in total. The molecule has 34 heavy (non-hydrogen) atoms. The zero-order valence-electron chi connectivity index (χ0n) is 18.4. The molecule has 0 atom stereocenters. The summed E-state index contributed by atoms with van der Waals surface area (Å²) < 4.78 is 3.98. The third-order valence-corrected chi connectivity index (χ3v) is 5.86. The summed E-state index contributed by atoms with van der Waals surface area (Å²) in [5.41, 5.74) is 8.44. The smallest absolute Gasteiger partial charge is 0.0991 e. The van der Waals surface area contributed by atoms with Gasteiger partial charge in [-0.25, -0.2) is 15.0 Å². The van der Waals surface area contributed by atoms with Crippen molar-refractivity contribution in [3.63, 3.8) is 0 Å². The van der Waals surface area contributed by atoms with Crippen LogP contribution in [0, 0.1) is 0 Å². The lowest BCUT2D eigenvalue weighted by atomic mass is 10.00. The van der Waals surface area contributed by atoms with E-state index in [9.17, 15) is 0 Å². The fourth-order valence-corrected chi connectivity index (χ4v) is 4.06. The number of rotatable bonds is 5. The second-order valence-corrected chi connectivity index (χ2v) is 8.03. The standard InChI is InChI=1S/C29H21N5/c1-2-4-22(5-3-1)25-18-28(23-6-10-26(11-7-23)33-16-14-30-20-33)32-29(19-25)24-8-12-27(13-9-24)34-17-15-31-21-34/h1-21H. The molecule has 162 valence electrons. The van der Waals surface area contributed by atoms with E-state index in [1.165, 1.54) is 0 Å². The minimum absolute atomic E-state index is 0.937. The Hall–Kier alpha value is -4.77. The molecule has 0 fully saturated rings. The van der Waals surface area contributed by atoms with Crippen molar-refractivity contribution in [1.29, 1.82) is 0 Å². The van der Waals surface area contributed by atoms with Gasteiger partial charge in [-0.2, -0.15) is 0 Å². The van der Waals surface area contributed by atoms with E-state index in [1.807, 2.05) is 27.6 Å².